The van der Waals surface area contributed by atoms with E-state index < -0.39 is 17.7 Å². The molecule has 0 bridgehead atoms. The molecule has 0 aliphatic carbocycles. The van der Waals surface area contributed by atoms with Crippen LogP contribution >= 0.6 is 0 Å². The van der Waals surface area contributed by atoms with Crippen LogP contribution in [-0.4, -0.2) is 62.1 Å². The second-order valence-electron chi connectivity index (χ2n) is 8.40. The number of fused-ring (bicyclic) bond motifs is 1. The van der Waals surface area contributed by atoms with Crippen molar-refractivity contribution in [3.8, 4) is 0 Å². The number of hydrogen-bond donors (Lipinski definition) is 3. The quantitative estimate of drug-likeness (QED) is 0.665. The van der Waals surface area contributed by atoms with E-state index in [0.717, 1.165) is 11.0 Å². The van der Waals surface area contributed by atoms with E-state index in [1.807, 2.05) is 42.8 Å². The van der Waals surface area contributed by atoms with Gasteiger partial charge in [0, 0.05) is 25.5 Å². The van der Waals surface area contributed by atoms with Crippen molar-refractivity contribution in [2.45, 2.75) is 57.8 Å². The molecule has 2 aromatic heterocycles. The highest BCUT2D eigenvalue weighted by atomic mass is 16.3. The first-order valence-corrected chi connectivity index (χ1v) is 10.2. The Morgan fingerprint density at radius 2 is 1.97 bits per heavy atom. The molecule has 3 heterocycles. The van der Waals surface area contributed by atoms with Crippen molar-refractivity contribution in [3.05, 3.63) is 30.6 Å². The number of nitrogens with two attached hydrogens (primary N) is 1. The Hall–Kier alpha value is -2.45. The predicted molar refractivity (Wildman–Crippen MR) is 111 cm³/mol. The Labute approximate surface area is 171 Å². The normalized spacial score (nSPS) is 18.6. The summed E-state index contributed by atoms with van der Waals surface area (Å²) in [5, 5.41) is 13.8. The molecule has 0 spiro atoms. The smallest absolute Gasteiger partial charge is 0.244 e. The minimum Gasteiger partial charge on any atom is -0.388 e. The molecule has 0 aromatic carbocycles. The zero-order valence-electron chi connectivity index (χ0n) is 17.3. The number of likely N-dealkylation sites (tertiary alicyclic amines) is 1. The molecule has 2 aromatic rings. The highest BCUT2D eigenvalue weighted by Gasteiger charge is 2.36. The Kier molecular flexibility index (Phi) is 6.24. The number of nitrogens with zero attached hydrogens (tertiary/aromatic N) is 3. The van der Waals surface area contributed by atoms with Crippen molar-refractivity contribution < 1.29 is 14.7 Å². The van der Waals surface area contributed by atoms with E-state index in [2.05, 4.69) is 10.3 Å². The van der Waals surface area contributed by atoms with Gasteiger partial charge < -0.3 is 25.6 Å². The molecular weight excluding hydrogens is 370 g/mol. The molecule has 1 aliphatic rings. The van der Waals surface area contributed by atoms with E-state index in [4.69, 9.17) is 5.73 Å². The second kappa shape index (κ2) is 8.51. The zero-order valence-corrected chi connectivity index (χ0v) is 17.3. The Balaban J connectivity index is 1.56. The molecule has 0 radical (unpaired) electrons. The third-order valence-corrected chi connectivity index (χ3v) is 5.76. The van der Waals surface area contributed by atoms with Gasteiger partial charge in [0.25, 0.3) is 0 Å². The van der Waals surface area contributed by atoms with E-state index in [-0.39, 0.29) is 17.7 Å². The van der Waals surface area contributed by atoms with Crippen molar-refractivity contribution in [2.75, 3.05) is 13.1 Å². The van der Waals surface area contributed by atoms with E-state index in [1.165, 1.54) is 0 Å². The summed E-state index contributed by atoms with van der Waals surface area (Å²) in [4.78, 5) is 30.8. The third-order valence-electron chi connectivity index (χ3n) is 5.76. The van der Waals surface area contributed by atoms with Gasteiger partial charge in [-0.2, -0.15) is 0 Å². The summed E-state index contributed by atoms with van der Waals surface area (Å²) in [5.74, 6) is -0.461. The number of carbonyl (C=O) groups excluding carboxylic acids is 2. The van der Waals surface area contributed by atoms with Crippen LogP contribution in [0.25, 0.3) is 11.0 Å². The van der Waals surface area contributed by atoms with Crippen LogP contribution in [0.5, 0.6) is 0 Å². The average Bonchev–Trinajstić information content (AvgIpc) is 3.09. The number of pyridine rings is 1. The fraction of sp³-hybridized carbons (Fsp3) is 0.571. The van der Waals surface area contributed by atoms with Crippen LogP contribution in [0.4, 0.5) is 0 Å². The molecule has 4 N–H and O–H groups in total. The number of piperidine rings is 1. The topological polar surface area (TPSA) is 113 Å². The Morgan fingerprint density at radius 3 is 2.62 bits per heavy atom. The lowest BCUT2D eigenvalue weighted by molar-refractivity contribution is -0.140. The van der Waals surface area contributed by atoms with Crippen LogP contribution in [0, 0.1) is 5.92 Å². The molecule has 0 saturated carbocycles. The van der Waals surface area contributed by atoms with E-state index in [1.54, 1.807) is 18.0 Å². The summed E-state index contributed by atoms with van der Waals surface area (Å²) in [5.41, 5.74) is 6.85. The van der Waals surface area contributed by atoms with Crippen LogP contribution in [-0.2, 0) is 16.1 Å². The standard InChI is InChI=1S/C21H31N5O3/c1-14(2)18(22)19(27)24-15(3)20(28)25-11-7-21(29,8-12-25)13-26-10-6-16-17(26)5-4-9-23-16/h4-6,9-10,14-15,18,29H,7-8,11-13,22H2,1-3H3,(H,24,27)/t15-,18+/m0/s1. The molecule has 1 saturated heterocycles. The number of rotatable bonds is 6. The molecule has 2 atom stereocenters. The largest absolute Gasteiger partial charge is 0.388 e. The van der Waals surface area contributed by atoms with Gasteiger partial charge >= 0.3 is 0 Å². The summed E-state index contributed by atoms with van der Waals surface area (Å²) >= 11 is 0. The van der Waals surface area contributed by atoms with Crippen LogP contribution in [0.1, 0.15) is 33.6 Å². The fourth-order valence-electron chi connectivity index (χ4n) is 3.73. The summed E-state index contributed by atoms with van der Waals surface area (Å²) in [6.07, 6.45) is 4.64. The van der Waals surface area contributed by atoms with E-state index in [9.17, 15) is 14.7 Å². The van der Waals surface area contributed by atoms with E-state index >= 15 is 0 Å². The molecular formula is C21H31N5O3. The van der Waals surface area contributed by atoms with E-state index in [0.29, 0.717) is 32.5 Å². The van der Waals surface area contributed by atoms with Gasteiger partial charge in [0.1, 0.15) is 6.04 Å². The predicted octanol–water partition coefficient (Wildman–Crippen LogP) is 0.878. The van der Waals surface area contributed by atoms with Crippen LogP contribution < -0.4 is 11.1 Å². The summed E-state index contributed by atoms with van der Waals surface area (Å²) < 4.78 is 2.01. The van der Waals surface area contributed by atoms with Gasteiger partial charge in [-0.15, -0.1) is 0 Å². The van der Waals surface area contributed by atoms with Gasteiger partial charge in [-0.1, -0.05) is 13.8 Å². The van der Waals surface area contributed by atoms with Crippen LogP contribution in [0.3, 0.4) is 0 Å². The van der Waals surface area contributed by atoms with Gasteiger partial charge in [0.15, 0.2) is 0 Å². The number of nitrogens with one attached hydrogen (secondary N) is 1. The summed E-state index contributed by atoms with van der Waals surface area (Å²) in [6, 6.07) is 4.52. The minimum absolute atomic E-state index is 0.00209. The summed E-state index contributed by atoms with van der Waals surface area (Å²) in [7, 11) is 0. The molecule has 0 unspecified atom stereocenters. The van der Waals surface area contributed by atoms with Gasteiger partial charge in [0.2, 0.25) is 11.8 Å². The first-order chi connectivity index (χ1) is 13.7. The number of carbonyl (C=O) groups is 2. The molecule has 3 rings (SSSR count). The Morgan fingerprint density at radius 1 is 1.28 bits per heavy atom. The SMILES string of the molecule is CC(C)[C@@H](N)C(=O)N[C@@H](C)C(=O)N1CCC(O)(Cn2ccc3ncccc32)CC1. The zero-order chi connectivity index (χ0) is 21.2. The molecule has 8 heteroatoms. The molecule has 29 heavy (non-hydrogen) atoms. The van der Waals surface area contributed by atoms with Crippen molar-refractivity contribution in [2.24, 2.45) is 11.7 Å². The number of aromatic nitrogens is 2. The Bertz CT molecular complexity index is 870. The lowest BCUT2D eigenvalue weighted by Crippen LogP contribution is -2.55. The highest BCUT2D eigenvalue weighted by molar-refractivity contribution is 5.89. The number of amides is 2. The van der Waals surface area contributed by atoms with Crippen molar-refractivity contribution in [1.82, 2.24) is 19.8 Å². The van der Waals surface area contributed by atoms with Gasteiger partial charge in [-0.05, 0) is 43.9 Å². The van der Waals surface area contributed by atoms with Crippen molar-refractivity contribution in [1.29, 1.82) is 0 Å². The second-order valence-corrected chi connectivity index (χ2v) is 8.40. The number of hydrogen-bond acceptors (Lipinski definition) is 5. The van der Waals surface area contributed by atoms with Crippen molar-refractivity contribution in [3.63, 3.8) is 0 Å². The number of aliphatic hydroxyl groups is 1. The van der Waals surface area contributed by atoms with Gasteiger partial charge in [-0.3, -0.25) is 14.6 Å². The van der Waals surface area contributed by atoms with Gasteiger partial charge in [-0.25, -0.2) is 0 Å². The third kappa shape index (κ3) is 4.76. The fourth-order valence-corrected chi connectivity index (χ4v) is 3.73. The summed E-state index contributed by atoms with van der Waals surface area (Å²) in [6.45, 7) is 6.76. The molecule has 1 fully saturated rings. The monoisotopic (exact) mass is 401 g/mol. The molecule has 8 nitrogen and oxygen atoms in total. The first-order valence-electron chi connectivity index (χ1n) is 10.2. The lowest BCUT2D eigenvalue weighted by Gasteiger charge is -2.39. The minimum atomic E-state index is -0.884. The highest BCUT2D eigenvalue weighted by Crippen LogP contribution is 2.26. The maximum atomic E-state index is 12.7. The first kappa shape index (κ1) is 21.3. The lowest BCUT2D eigenvalue weighted by atomic mass is 9.91. The van der Waals surface area contributed by atoms with Crippen molar-refractivity contribution >= 4 is 22.8 Å². The maximum Gasteiger partial charge on any atom is 0.244 e. The van der Waals surface area contributed by atoms with Gasteiger partial charge in [0.05, 0.1) is 29.2 Å². The molecule has 158 valence electrons. The van der Waals surface area contributed by atoms with Crippen LogP contribution in [0.15, 0.2) is 30.6 Å². The molecule has 2 amide bonds. The van der Waals surface area contributed by atoms with Crippen LogP contribution in [0.2, 0.25) is 0 Å². The average molecular weight is 402 g/mol. The maximum absolute atomic E-state index is 12.7. The molecule has 1 aliphatic heterocycles.